The van der Waals surface area contributed by atoms with Crippen LogP contribution in [0.25, 0.3) is 16.9 Å². The van der Waals surface area contributed by atoms with Gasteiger partial charge in [0.05, 0.1) is 23.6 Å². The van der Waals surface area contributed by atoms with Crippen LogP contribution in [-0.2, 0) is 7.05 Å². The molecule has 4 aromatic rings. The highest BCUT2D eigenvalue weighted by Gasteiger charge is 2.38. The topological polar surface area (TPSA) is 127 Å². The Kier molecular flexibility index (Phi) is 7.22. The number of urea groups is 1. The van der Waals surface area contributed by atoms with Gasteiger partial charge >= 0.3 is 24.3 Å². The Morgan fingerprint density at radius 2 is 1.90 bits per heavy atom. The van der Waals surface area contributed by atoms with Crippen molar-refractivity contribution in [3.63, 3.8) is 0 Å². The van der Waals surface area contributed by atoms with Gasteiger partial charge in [-0.15, -0.1) is 5.10 Å². The lowest BCUT2D eigenvalue weighted by Crippen LogP contribution is -2.34. The number of hydrogen-bond donors (Lipinski definition) is 1. The number of halogens is 2. The molecule has 14 heteroatoms. The van der Waals surface area contributed by atoms with Crippen molar-refractivity contribution in [2.24, 2.45) is 7.05 Å². The summed E-state index contributed by atoms with van der Waals surface area (Å²) in [6.07, 6.45) is 2.92. The summed E-state index contributed by atoms with van der Waals surface area (Å²) < 4.78 is 31.8. The Bertz CT molecular complexity index is 1690. The lowest BCUT2D eigenvalue weighted by Gasteiger charge is -2.22. The van der Waals surface area contributed by atoms with E-state index in [9.17, 15) is 23.2 Å². The van der Waals surface area contributed by atoms with E-state index in [1.54, 1.807) is 59.4 Å². The highest BCUT2D eigenvalue weighted by molar-refractivity contribution is 6.07. The van der Waals surface area contributed by atoms with Gasteiger partial charge in [-0.1, -0.05) is 6.07 Å². The number of pyridine rings is 2. The molecular formula is C27H26F2N8O4. The fourth-order valence-corrected chi connectivity index (χ4v) is 4.80. The van der Waals surface area contributed by atoms with Crippen LogP contribution in [0.4, 0.5) is 25.1 Å². The van der Waals surface area contributed by atoms with E-state index in [-0.39, 0.29) is 23.7 Å². The molecule has 5 rings (SSSR count). The van der Waals surface area contributed by atoms with Crippen molar-refractivity contribution in [2.75, 3.05) is 23.4 Å². The maximum Gasteiger partial charge on any atom is 0.389 e. The first-order chi connectivity index (χ1) is 19.6. The molecule has 0 bridgehead atoms. The molecule has 0 radical (unpaired) electrons. The van der Waals surface area contributed by atoms with E-state index in [4.69, 9.17) is 0 Å². The first-order valence-electron chi connectivity index (χ1n) is 12.6. The normalized spacial score (nSPS) is 15.1. The van der Waals surface area contributed by atoms with E-state index in [1.807, 2.05) is 13.8 Å². The minimum atomic E-state index is -3.16. The van der Waals surface area contributed by atoms with Crippen molar-refractivity contribution < 1.29 is 23.1 Å². The lowest BCUT2D eigenvalue weighted by atomic mass is 10.1. The molecule has 1 fully saturated rings. The minimum Gasteiger partial charge on any atom is -0.401 e. The number of ether oxygens (including phenoxy) is 1. The van der Waals surface area contributed by atoms with E-state index in [0.29, 0.717) is 40.4 Å². The van der Waals surface area contributed by atoms with Crippen molar-refractivity contribution in [1.82, 2.24) is 29.6 Å². The SMILES string of the molecule is CNC(=O)c1cccc(N2C(=O)N(c3nccc(-c4ccc(-n5c(OC(F)F)nn(C)c5=O)cn4)c3C)C[C@@H]2C)c1. The van der Waals surface area contributed by atoms with Crippen LogP contribution in [0, 0.1) is 6.92 Å². The number of rotatable bonds is 7. The van der Waals surface area contributed by atoms with Crippen LogP contribution >= 0.6 is 0 Å². The Morgan fingerprint density at radius 1 is 1.12 bits per heavy atom. The van der Waals surface area contributed by atoms with Crippen LogP contribution in [0.5, 0.6) is 6.01 Å². The maximum atomic E-state index is 13.6. The van der Waals surface area contributed by atoms with E-state index in [2.05, 4.69) is 25.1 Å². The molecule has 0 unspecified atom stereocenters. The molecule has 1 N–H and O–H groups in total. The zero-order valence-electron chi connectivity index (χ0n) is 22.6. The van der Waals surface area contributed by atoms with Gasteiger partial charge in [0.2, 0.25) is 0 Å². The summed E-state index contributed by atoms with van der Waals surface area (Å²) in [5, 5.41) is 6.29. The molecule has 1 saturated heterocycles. The first-order valence-corrected chi connectivity index (χ1v) is 12.6. The summed E-state index contributed by atoms with van der Waals surface area (Å²) in [4.78, 5) is 50.3. The second-order valence-electron chi connectivity index (χ2n) is 9.35. The summed E-state index contributed by atoms with van der Waals surface area (Å²) >= 11 is 0. The molecule has 1 atom stereocenters. The molecule has 4 heterocycles. The van der Waals surface area contributed by atoms with E-state index >= 15 is 0 Å². The van der Waals surface area contributed by atoms with Crippen molar-refractivity contribution in [3.8, 4) is 23.0 Å². The molecule has 0 spiro atoms. The van der Waals surface area contributed by atoms with Crippen molar-refractivity contribution in [2.45, 2.75) is 26.5 Å². The molecule has 41 heavy (non-hydrogen) atoms. The predicted octanol–water partition coefficient (Wildman–Crippen LogP) is 3.13. The van der Waals surface area contributed by atoms with E-state index in [0.717, 1.165) is 9.25 Å². The second-order valence-corrected chi connectivity index (χ2v) is 9.35. The Balaban J connectivity index is 1.45. The summed E-state index contributed by atoms with van der Waals surface area (Å²) in [5.41, 5.74) is 2.43. The molecule has 1 aliphatic heterocycles. The van der Waals surface area contributed by atoms with E-state index < -0.39 is 18.3 Å². The van der Waals surface area contributed by atoms with Gasteiger partial charge in [0, 0.05) is 49.2 Å². The van der Waals surface area contributed by atoms with Gasteiger partial charge in [0.1, 0.15) is 5.82 Å². The number of nitrogens with zero attached hydrogens (tertiary/aromatic N) is 7. The van der Waals surface area contributed by atoms with Crippen molar-refractivity contribution in [3.05, 3.63) is 76.5 Å². The number of alkyl halides is 2. The smallest absolute Gasteiger partial charge is 0.389 e. The predicted molar refractivity (Wildman–Crippen MR) is 146 cm³/mol. The Morgan fingerprint density at radius 3 is 2.59 bits per heavy atom. The zero-order chi connectivity index (χ0) is 29.4. The number of carbonyl (C=O) groups is 2. The Hall–Kier alpha value is -5.14. The third-order valence-corrected chi connectivity index (χ3v) is 6.74. The van der Waals surface area contributed by atoms with Crippen LogP contribution in [0.15, 0.2) is 59.7 Å². The van der Waals surface area contributed by atoms with Crippen LogP contribution in [0.2, 0.25) is 0 Å². The third kappa shape index (κ3) is 4.99. The molecule has 212 valence electrons. The van der Waals surface area contributed by atoms with Crippen molar-refractivity contribution >= 4 is 23.4 Å². The third-order valence-electron chi connectivity index (χ3n) is 6.74. The highest BCUT2D eigenvalue weighted by Crippen LogP contribution is 2.33. The summed E-state index contributed by atoms with van der Waals surface area (Å²) in [6, 6.07) is 10.7. The summed E-state index contributed by atoms with van der Waals surface area (Å²) in [6.45, 7) is 0.938. The number of anilines is 2. The number of aryl methyl sites for hydroxylation is 1. The molecule has 1 aromatic carbocycles. The average molecular weight is 565 g/mol. The first kappa shape index (κ1) is 27.4. The lowest BCUT2D eigenvalue weighted by molar-refractivity contribution is -0.0575. The molecule has 0 saturated carbocycles. The quantitative estimate of drug-likeness (QED) is 0.365. The van der Waals surface area contributed by atoms with Gasteiger partial charge in [-0.3, -0.25) is 19.6 Å². The van der Waals surface area contributed by atoms with Gasteiger partial charge in [0.15, 0.2) is 0 Å². The van der Waals surface area contributed by atoms with Crippen molar-refractivity contribution in [1.29, 1.82) is 0 Å². The van der Waals surface area contributed by atoms with Crippen LogP contribution in [0.1, 0.15) is 22.8 Å². The van der Waals surface area contributed by atoms with Gasteiger partial charge in [0.25, 0.3) is 5.91 Å². The number of amides is 3. The molecule has 12 nitrogen and oxygen atoms in total. The van der Waals surface area contributed by atoms with Gasteiger partial charge in [-0.25, -0.2) is 23.8 Å². The Labute approximate surface area is 232 Å². The zero-order valence-corrected chi connectivity index (χ0v) is 22.6. The minimum absolute atomic E-state index is 0.188. The fraction of sp³-hybridized carbons (Fsp3) is 0.259. The molecule has 3 aromatic heterocycles. The van der Waals surface area contributed by atoms with Crippen LogP contribution < -0.4 is 25.5 Å². The van der Waals surface area contributed by atoms with Gasteiger partial charge in [-0.05, 0) is 50.2 Å². The van der Waals surface area contributed by atoms with Gasteiger partial charge < -0.3 is 10.1 Å². The standard InChI is InChI=1S/C27H26F2N8O4/c1-15-14-35(27(40)36(15)18-7-5-6-17(12-18)23(38)30-3)22-16(2)20(10-11-31-22)21-9-8-19(13-32-21)37-25(41-24(28)29)33-34(4)26(37)39/h5-13,15,24H,14H2,1-4H3,(H,30,38)/t15-/m0/s1. The van der Waals surface area contributed by atoms with Crippen LogP contribution in [0.3, 0.4) is 0 Å². The van der Waals surface area contributed by atoms with Gasteiger partial charge in [-0.2, -0.15) is 8.78 Å². The maximum absolute atomic E-state index is 13.6. The number of carbonyl (C=O) groups excluding carboxylic acids is 2. The fourth-order valence-electron chi connectivity index (χ4n) is 4.80. The number of hydrogen-bond acceptors (Lipinski definition) is 7. The monoisotopic (exact) mass is 564 g/mol. The largest absolute Gasteiger partial charge is 0.401 e. The number of aromatic nitrogens is 5. The highest BCUT2D eigenvalue weighted by atomic mass is 19.3. The summed E-state index contributed by atoms with van der Waals surface area (Å²) in [7, 11) is 2.86. The van der Waals surface area contributed by atoms with E-state index in [1.165, 1.54) is 19.3 Å². The van der Waals surface area contributed by atoms with Crippen LogP contribution in [-0.4, -0.2) is 62.5 Å². The molecule has 1 aliphatic rings. The molecule has 0 aliphatic carbocycles. The summed E-state index contributed by atoms with van der Waals surface area (Å²) in [5.74, 6) is 0.198. The second kappa shape index (κ2) is 10.8. The number of nitrogens with one attached hydrogen (secondary N) is 1. The number of benzene rings is 1. The molecule has 3 amide bonds. The average Bonchev–Trinajstić information content (AvgIpc) is 3.40. The molecular weight excluding hydrogens is 538 g/mol.